The normalized spacial score (nSPS) is 9.26. The topological polar surface area (TPSA) is 120 Å². The number of hydrogen-bond donors (Lipinski definition) is 3. The van der Waals surface area contributed by atoms with Gasteiger partial charge in [-0.15, -0.1) is 0 Å². The third-order valence-electron chi connectivity index (χ3n) is 2.75. The van der Waals surface area contributed by atoms with Gasteiger partial charge in [-0.25, -0.2) is 9.78 Å². The number of nitrogens with two attached hydrogens (primary N) is 2. The molecule has 0 bridgehead atoms. The van der Waals surface area contributed by atoms with Crippen LogP contribution in [0.1, 0.15) is 39.0 Å². The maximum absolute atomic E-state index is 11.5. The summed E-state index contributed by atoms with van der Waals surface area (Å²) in [5.74, 6) is 0.567. The molecule has 0 spiro atoms. The first-order valence-corrected chi connectivity index (χ1v) is 7.78. The Kier molecular flexibility index (Phi) is 10.0. The van der Waals surface area contributed by atoms with Gasteiger partial charge < -0.3 is 16.6 Å². The minimum absolute atomic E-state index is 0.147. The first-order chi connectivity index (χ1) is 11.1. The standard InChI is InChI=1S/C12H15N5O2.2C2H6/c13-10-4-6-17(12(19)16-10)5-3-8-1-2-9(7-18)15-11(8)14;2*1-2/h1-2,4,6,18H,3,5,7H2,(H2,14,15)(H2,13,16,19);2*1-2H3. The number of anilines is 2. The molecule has 0 unspecified atom stereocenters. The van der Waals surface area contributed by atoms with Crippen molar-refractivity contribution in [3.63, 3.8) is 0 Å². The minimum Gasteiger partial charge on any atom is -0.390 e. The predicted octanol–water partition coefficient (Wildman–Crippen LogP) is 1.59. The van der Waals surface area contributed by atoms with E-state index < -0.39 is 5.69 Å². The van der Waals surface area contributed by atoms with E-state index in [4.69, 9.17) is 16.6 Å². The SMILES string of the molecule is CC.CC.Nc1ccn(CCc2ccc(CO)nc2N)c(=O)n1. The third-order valence-corrected chi connectivity index (χ3v) is 2.75. The van der Waals surface area contributed by atoms with Crippen molar-refractivity contribution in [2.24, 2.45) is 0 Å². The fraction of sp³-hybridized carbons (Fsp3) is 0.438. The van der Waals surface area contributed by atoms with E-state index >= 15 is 0 Å². The van der Waals surface area contributed by atoms with Gasteiger partial charge in [-0.1, -0.05) is 33.8 Å². The van der Waals surface area contributed by atoms with Gasteiger partial charge in [-0.2, -0.15) is 4.98 Å². The van der Waals surface area contributed by atoms with Gasteiger partial charge in [-0.05, 0) is 24.1 Å². The molecule has 2 aromatic heterocycles. The first-order valence-electron chi connectivity index (χ1n) is 7.78. The number of aliphatic hydroxyl groups excluding tert-OH is 1. The summed E-state index contributed by atoms with van der Waals surface area (Å²) in [5.41, 5.74) is 12.1. The smallest absolute Gasteiger partial charge is 0.349 e. The van der Waals surface area contributed by atoms with Gasteiger partial charge in [-0.3, -0.25) is 4.57 Å². The fourth-order valence-electron chi connectivity index (χ4n) is 1.70. The van der Waals surface area contributed by atoms with Crippen molar-refractivity contribution >= 4 is 11.6 Å². The van der Waals surface area contributed by atoms with Crippen LogP contribution < -0.4 is 17.2 Å². The first kappa shape index (κ1) is 20.6. The summed E-state index contributed by atoms with van der Waals surface area (Å²) in [4.78, 5) is 19.2. The number of rotatable bonds is 4. The van der Waals surface area contributed by atoms with Gasteiger partial charge in [0.1, 0.15) is 11.6 Å². The second-order valence-corrected chi connectivity index (χ2v) is 4.08. The monoisotopic (exact) mass is 321 g/mol. The van der Waals surface area contributed by atoms with Crippen molar-refractivity contribution in [1.82, 2.24) is 14.5 Å². The summed E-state index contributed by atoms with van der Waals surface area (Å²) in [7, 11) is 0. The van der Waals surface area contributed by atoms with Crippen molar-refractivity contribution in [2.45, 2.75) is 47.3 Å². The lowest BCUT2D eigenvalue weighted by Crippen LogP contribution is -2.24. The lowest BCUT2D eigenvalue weighted by Gasteiger charge is -2.08. The summed E-state index contributed by atoms with van der Waals surface area (Å²) < 4.78 is 1.45. The number of aromatic nitrogens is 3. The molecule has 7 nitrogen and oxygen atoms in total. The Morgan fingerprint density at radius 1 is 1.09 bits per heavy atom. The third kappa shape index (κ3) is 6.48. The molecule has 0 atom stereocenters. The number of hydrogen-bond acceptors (Lipinski definition) is 6. The fourth-order valence-corrected chi connectivity index (χ4v) is 1.70. The van der Waals surface area contributed by atoms with Crippen molar-refractivity contribution < 1.29 is 5.11 Å². The maximum atomic E-state index is 11.5. The molecule has 2 rings (SSSR count). The Balaban J connectivity index is 0.00000112. The molecule has 0 fully saturated rings. The van der Waals surface area contributed by atoms with E-state index in [1.54, 1.807) is 24.4 Å². The highest BCUT2D eigenvalue weighted by molar-refractivity contribution is 5.40. The quantitative estimate of drug-likeness (QED) is 0.786. The van der Waals surface area contributed by atoms with Crippen LogP contribution in [0, 0.1) is 0 Å². The van der Waals surface area contributed by atoms with Crippen LogP contribution in [0.5, 0.6) is 0 Å². The summed E-state index contributed by atoms with van der Waals surface area (Å²) in [6, 6.07) is 5.07. The molecule has 0 amide bonds. The molecule has 0 aliphatic heterocycles. The molecule has 23 heavy (non-hydrogen) atoms. The molecule has 0 radical (unpaired) electrons. The number of nitrogens with zero attached hydrogens (tertiary/aromatic N) is 3. The van der Waals surface area contributed by atoms with Crippen LogP contribution in [0.2, 0.25) is 0 Å². The number of aliphatic hydroxyl groups is 1. The summed E-state index contributed by atoms with van der Waals surface area (Å²) in [5, 5.41) is 8.94. The van der Waals surface area contributed by atoms with Gasteiger partial charge in [0.15, 0.2) is 0 Å². The number of pyridine rings is 1. The summed E-state index contributed by atoms with van der Waals surface area (Å²) in [6.07, 6.45) is 2.15. The molecule has 2 heterocycles. The Hall–Kier alpha value is -2.41. The van der Waals surface area contributed by atoms with Crippen LogP contribution in [-0.4, -0.2) is 19.6 Å². The molecule has 0 aliphatic carbocycles. The second kappa shape index (κ2) is 11.2. The van der Waals surface area contributed by atoms with Gasteiger partial charge >= 0.3 is 5.69 Å². The van der Waals surface area contributed by atoms with Crippen LogP contribution in [0.15, 0.2) is 29.2 Å². The van der Waals surface area contributed by atoms with Crippen LogP contribution >= 0.6 is 0 Å². The Morgan fingerprint density at radius 3 is 2.26 bits per heavy atom. The second-order valence-electron chi connectivity index (χ2n) is 4.08. The van der Waals surface area contributed by atoms with Crippen LogP contribution in [0.3, 0.4) is 0 Å². The molecule has 2 aromatic rings. The molecule has 0 saturated carbocycles. The van der Waals surface area contributed by atoms with E-state index in [2.05, 4.69) is 9.97 Å². The van der Waals surface area contributed by atoms with E-state index in [0.717, 1.165) is 5.56 Å². The minimum atomic E-state index is -0.390. The van der Waals surface area contributed by atoms with E-state index in [1.165, 1.54) is 4.57 Å². The van der Waals surface area contributed by atoms with Crippen molar-refractivity contribution in [3.8, 4) is 0 Å². The average Bonchev–Trinajstić information content (AvgIpc) is 2.58. The highest BCUT2D eigenvalue weighted by Gasteiger charge is 2.04. The maximum Gasteiger partial charge on any atom is 0.349 e. The molecule has 0 saturated heterocycles. The van der Waals surface area contributed by atoms with Crippen molar-refractivity contribution in [1.29, 1.82) is 0 Å². The highest BCUT2D eigenvalue weighted by Crippen LogP contribution is 2.11. The molecule has 7 heteroatoms. The molecular weight excluding hydrogens is 294 g/mol. The molecule has 0 aliphatic rings. The Labute approximate surface area is 137 Å². The van der Waals surface area contributed by atoms with Crippen molar-refractivity contribution in [3.05, 3.63) is 46.1 Å². The lowest BCUT2D eigenvalue weighted by atomic mass is 10.1. The average molecular weight is 321 g/mol. The highest BCUT2D eigenvalue weighted by atomic mass is 16.3. The van der Waals surface area contributed by atoms with Gasteiger partial charge in [0.05, 0.1) is 12.3 Å². The van der Waals surface area contributed by atoms with E-state index in [1.807, 2.05) is 27.7 Å². The van der Waals surface area contributed by atoms with Crippen molar-refractivity contribution in [2.75, 3.05) is 11.5 Å². The Morgan fingerprint density at radius 2 is 1.74 bits per heavy atom. The Bertz CT molecular complexity index is 641. The van der Waals surface area contributed by atoms with Gasteiger partial charge in [0.2, 0.25) is 0 Å². The molecule has 0 aromatic carbocycles. The van der Waals surface area contributed by atoms with E-state index in [0.29, 0.717) is 24.5 Å². The zero-order valence-electron chi connectivity index (χ0n) is 14.3. The number of nitrogen functional groups attached to an aromatic ring is 2. The lowest BCUT2D eigenvalue weighted by molar-refractivity contribution is 0.277. The van der Waals surface area contributed by atoms with Gasteiger partial charge in [0, 0.05) is 12.7 Å². The zero-order chi connectivity index (χ0) is 17.8. The number of aryl methyl sites for hydroxylation is 2. The predicted molar refractivity (Wildman–Crippen MR) is 93.9 cm³/mol. The van der Waals surface area contributed by atoms with Crippen LogP contribution in [0.25, 0.3) is 0 Å². The summed E-state index contributed by atoms with van der Waals surface area (Å²) >= 11 is 0. The van der Waals surface area contributed by atoms with Gasteiger partial charge in [0.25, 0.3) is 0 Å². The molecular formula is C16H27N5O2. The summed E-state index contributed by atoms with van der Waals surface area (Å²) in [6.45, 7) is 8.29. The van der Waals surface area contributed by atoms with E-state index in [-0.39, 0.29) is 12.4 Å². The van der Waals surface area contributed by atoms with Crippen LogP contribution in [0.4, 0.5) is 11.6 Å². The zero-order valence-corrected chi connectivity index (χ0v) is 14.3. The molecule has 128 valence electrons. The molecule has 5 N–H and O–H groups in total. The van der Waals surface area contributed by atoms with E-state index in [9.17, 15) is 4.79 Å². The van der Waals surface area contributed by atoms with Crippen LogP contribution in [-0.2, 0) is 19.6 Å². The largest absolute Gasteiger partial charge is 0.390 e.